The summed E-state index contributed by atoms with van der Waals surface area (Å²) in [7, 11) is 0. The fourth-order valence-electron chi connectivity index (χ4n) is 1.66. The molecule has 4 nitrogen and oxygen atoms in total. The third kappa shape index (κ3) is 5.06. The van der Waals surface area contributed by atoms with Crippen molar-refractivity contribution in [1.82, 2.24) is 0 Å². The third-order valence-electron chi connectivity index (χ3n) is 3.26. The Bertz CT molecular complexity index is 554. The first-order valence-corrected chi connectivity index (χ1v) is 7.06. The maximum Gasteiger partial charge on any atom is 0.335 e. The van der Waals surface area contributed by atoms with Gasteiger partial charge in [0, 0.05) is 0 Å². The molecule has 0 spiro atoms. The molecule has 0 heterocycles. The highest BCUT2D eigenvalue weighted by Gasteiger charge is 2.16. The molecule has 1 N–H and O–H groups in total. The van der Waals surface area contributed by atoms with Gasteiger partial charge in [-0.1, -0.05) is 25.5 Å². The van der Waals surface area contributed by atoms with Crippen LogP contribution < -0.4 is 4.74 Å². The van der Waals surface area contributed by atoms with E-state index >= 15 is 0 Å². The highest BCUT2D eigenvalue weighted by molar-refractivity contribution is 5.88. The van der Waals surface area contributed by atoms with Crippen LogP contribution in [0, 0.1) is 5.92 Å². The number of ether oxygens (including phenoxy) is 1. The number of hydrogen-bond donors (Lipinski definition) is 1. The molecule has 0 saturated heterocycles. The molecule has 0 aliphatic rings. The van der Waals surface area contributed by atoms with Crippen molar-refractivity contribution < 1.29 is 19.4 Å². The first-order valence-electron chi connectivity index (χ1n) is 7.06. The van der Waals surface area contributed by atoms with Gasteiger partial charge in [-0.15, -0.1) is 0 Å². The summed E-state index contributed by atoms with van der Waals surface area (Å²) >= 11 is 0. The minimum atomic E-state index is -0.992. The number of carbonyl (C=O) groups is 2. The van der Waals surface area contributed by atoms with E-state index in [0.717, 1.165) is 5.57 Å². The Balaban J connectivity index is 3.09. The molecule has 0 aliphatic heterocycles. The van der Waals surface area contributed by atoms with Crippen molar-refractivity contribution in [3.05, 3.63) is 41.0 Å². The summed E-state index contributed by atoms with van der Waals surface area (Å²) in [5.74, 6) is -1.03. The summed E-state index contributed by atoms with van der Waals surface area (Å²) < 4.78 is 5.40. The molecular formula is C17H22O4. The summed E-state index contributed by atoms with van der Waals surface area (Å²) in [4.78, 5) is 23.0. The monoisotopic (exact) mass is 290 g/mol. The molecule has 1 atom stereocenters. The molecule has 0 aliphatic carbocycles. The first-order chi connectivity index (χ1) is 9.85. The van der Waals surface area contributed by atoms with E-state index in [9.17, 15) is 9.59 Å². The normalized spacial score (nSPS) is 11.6. The van der Waals surface area contributed by atoms with E-state index in [2.05, 4.69) is 0 Å². The zero-order valence-corrected chi connectivity index (χ0v) is 13.0. The van der Waals surface area contributed by atoms with Gasteiger partial charge >= 0.3 is 11.9 Å². The van der Waals surface area contributed by atoms with Crippen molar-refractivity contribution in [1.29, 1.82) is 0 Å². The molecule has 0 amide bonds. The molecule has 114 valence electrons. The number of aromatic carboxylic acids is 1. The number of carboxylic acid groups (broad SMARTS) is 1. The maximum absolute atomic E-state index is 11.9. The molecular weight excluding hydrogens is 268 g/mol. The predicted molar refractivity (Wildman–Crippen MR) is 81.6 cm³/mol. The number of hydrogen-bond acceptors (Lipinski definition) is 3. The van der Waals surface area contributed by atoms with Crippen LogP contribution >= 0.6 is 0 Å². The minimum absolute atomic E-state index is 0.180. The second-order valence-electron chi connectivity index (χ2n) is 5.34. The molecule has 1 aromatic rings. The molecule has 21 heavy (non-hydrogen) atoms. The Morgan fingerprint density at radius 2 is 2.00 bits per heavy atom. The second kappa shape index (κ2) is 7.62. The van der Waals surface area contributed by atoms with E-state index < -0.39 is 5.97 Å². The second-order valence-corrected chi connectivity index (χ2v) is 5.34. The summed E-state index contributed by atoms with van der Waals surface area (Å²) in [6.07, 6.45) is 3.21. The van der Waals surface area contributed by atoms with Crippen molar-refractivity contribution in [3.8, 4) is 5.75 Å². The van der Waals surface area contributed by atoms with Crippen LogP contribution in [0.25, 0.3) is 0 Å². The molecule has 0 bridgehead atoms. The highest BCUT2D eigenvalue weighted by atomic mass is 16.5. The number of carboxylic acids is 1. The number of esters is 1. The van der Waals surface area contributed by atoms with Crippen LogP contribution in [0.15, 0.2) is 29.8 Å². The SMILES string of the molecule is CCC(C)C(=O)Oc1ccc(C(=O)O)cc1CC=C(C)C. The van der Waals surface area contributed by atoms with Gasteiger partial charge in [0.2, 0.25) is 0 Å². The van der Waals surface area contributed by atoms with E-state index in [1.807, 2.05) is 33.8 Å². The van der Waals surface area contributed by atoms with Gasteiger partial charge in [0.15, 0.2) is 0 Å². The Labute approximate surface area is 125 Å². The fraction of sp³-hybridized carbons (Fsp3) is 0.412. The third-order valence-corrected chi connectivity index (χ3v) is 3.26. The van der Waals surface area contributed by atoms with E-state index in [1.165, 1.54) is 6.07 Å². The fourth-order valence-corrected chi connectivity index (χ4v) is 1.66. The smallest absolute Gasteiger partial charge is 0.335 e. The number of carbonyl (C=O) groups excluding carboxylic acids is 1. The van der Waals surface area contributed by atoms with E-state index in [0.29, 0.717) is 24.2 Å². The topological polar surface area (TPSA) is 63.6 Å². The molecule has 4 heteroatoms. The lowest BCUT2D eigenvalue weighted by Crippen LogP contribution is -2.17. The van der Waals surface area contributed by atoms with E-state index in [-0.39, 0.29) is 17.5 Å². The van der Waals surface area contributed by atoms with Gasteiger partial charge in [0.1, 0.15) is 5.75 Å². The van der Waals surface area contributed by atoms with Gasteiger partial charge in [-0.25, -0.2) is 4.79 Å². The largest absolute Gasteiger partial charge is 0.478 e. The number of rotatable bonds is 6. The molecule has 1 aromatic carbocycles. The lowest BCUT2D eigenvalue weighted by Gasteiger charge is -2.13. The van der Waals surface area contributed by atoms with Crippen LogP contribution in [0.1, 0.15) is 50.0 Å². The Hall–Kier alpha value is -2.10. The standard InChI is InChI=1S/C17H22O4/c1-5-12(4)17(20)21-15-9-8-14(16(18)19)10-13(15)7-6-11(2)3/h6,8-10,12H,5,7H2,1-4H3,(H,18,19). The Morgan fingerprint density at radius 3 is 2.52 bits per heavy atom. The van der Waals surface area contributed by atoms with Crippen LogP contribution in [-0.2, 0) is 11.2 Å². The van der Waals surface area contributed by atoms with E-state index in [1.54, 1.807) is 12.1 Å². The van der Waals surface area contributed by atoms with Crippen LogP contribution in [0.5, 0.6) is 5.75 Å². The molecule has 0 fully saturated rings. The Kier molecular flexibility index (Phi) is 6.15. The summed E-state index contributed by atoms with van der Waals surface area (Å²) in [5.41, 5.74) is 2.01. The van der Waals surface area contributed by atoms with Crippen molar-refractivity contribution in [2.45, 2.75) is 40.5 Å². The van der Waals surface area contributed by atoms with Crippen LogP contribution in [0.2, 0.25) is 0 Å². The zero-order chi connectivity index (χ0) is 16.0. The average molecular weight is 290 g/mol. The van der Waals surface area contributed by atoms with Gasteiger partial charge in [0.05, 0.1) is 11.5 Å². The highest BCUT2D eigenvalue weighted by Crippen LogP contribution is 2.23. The van der Waals surface area contributed by atoms with Crippen LogP contribution in [0.4, 0.5) is 0 Å². The number of benzene rings is 1. The maximum atomic E-state index is 11.9. The lowest BCUT2D eigenvalue weighted by molar-refractivity contribution is -0.138. The van der Waals surface area contributed by atoms with E-state index in [4.69, 9.17) is 9.84 Å². The van der Waals surface area contributed by atoms with Crippen molar-refractivity contribution in [2.24, 2.45) is 5.92 Å². The van der Waals surface area contributed by atoms with Gasteiger partial charge in [-0.05, 0) is 50.5 Å². The Morgan fingerprint density at radius 1 is 1.33 bits per heavy atom. The van der Waals surface area contributed by atoms with Crippen LogP contribution in [-0.4, -0.2) is 17.0 Å². The summed E-state index contributed by atoms with van der Waals surface area (Å²) in [6, 6.07) is 4.56. The zero-order valence-electron chi connectivity index (χ0n) is 13.0. The minimum Gasteiger partial charge on any atom is -0.478 e. The molecule has 0 saturated carbocycles. The quantitative estimate of drug-likeness (QED) is 0.491. The summed E-state index contributed by atoms with van der Waals surface area (Å²) in [5, 5.41) is 9.06. The first kappa shape index (κ1) is 17.0. The predicted octanol–water partition coefficient (Wildman–Crippen LogP) is 3.85. The molecule has 0 aromatic heterocycles. The van der Waals surface area contributed by atoms with Gasteiger partial charge in [-0.2, -0.15) is 0 Å². The molecule has 0 radical (unpaired) electrons. The lowest BCUT2D eigenvalue weighted by atomic mass is 10.0. The average Bonchev–Trinajstić information content (AvgIpc) is 2.44. The van der Waals surface area contributed by atoms with Crippen molar-refractivity contribution in [2.75, 3.05) is 0 Å². The van der Waals surface area contributed by atoms with Crippen molar-refractivity contribution >= 4 is 11.9 Å². The van der Waals surface area contributed by atoms with Crippen molar-refractivity contribution in [3.63, 3.8) is 0 Å². The summed E-state index contributed by atoms with van der Waals surface area (Å²) in [6.45, 7) is 7.66. The van der Waals surface area contributed by atoms with Gasteiger partial charge < -0.3 is 9.84 Å². The number of allylic oxidation sites excluding steroid dienone is 2. The van der Waals surface area contributed by atoms with Gasteiger partial charge in [0.25, 0.3) is 0 Å². The molecule has 1 unspecified atom stereocenters. The molecule has 1 rings (SSSR count). The van der Waals surface area contributed by atoms with Gasteiger partial charge in [-0.3, -0.25) is 4.79 Å². The van der Waals surface area contributed by atoms with Crippen LogP contribution in [0.3, 0.4) is 0 Å².